The lowest BCUT2D eigenvalue weighted by Gasteiger charge is -2.09. The number of nitrogens with zero attached hydrogens (tertiary/aromatic N) is 2. The fourth-order valence-electron chi connectivity index (χ4n) is 3.50. The zero-order valence-electron chi connectivity index (χ0n) is 17.7. The molecular formula is C24H29N3O3. The van der Waals surface area contributed by atoms with Gasteiger partial charge in [-0.2, -0.15) is 0 Å². The summed E-state index contributed by atoms with van der Waals surface area (Å²) in [7, 11) is 0. The van der Waals surface area contributed by atoms with Gasteiger partial charge in [0.2, 0.25) is 0 Å². The molecule has 2 aromatic carbocycles. The van der Waals surface area contributed by atoms with Crippen LogP contribution in [0.4, 0.5) is 0 Å². The normalized spacial score (nSPS) is 10.9. The van der Waals surface area contributed by atoms with Crippen molar-refractivity contribution in [2.24, 2.45) is 0 Å². The van der Waals surface area contributed by atoms with Crippen molar-refractivity contribution in [3.05, 3.63) is 65.5 Å². The van der Waals surface area contributed by atoms with E-state index in [1.165, 1.54) is 0 Å². The average Bonchev–Trinajstić information content (AvgIpc) is 3.08. The summed E-state index contributed by atoms with van der Waals surface area (Å²) in [6.45, 7) is 4.98. The molecule has 0 saturated carbocycles. The van der Waals surface area contributed by atoms with E-state index in [9.17, 15) is 9.59 Å². The number of fused-ring (bicyclic) bond motifs is 1. The number of aromatic nitrogens is 2. The molecule has 1 aromatic heterocycles. The summed E-state index contributed by atoms with van der Waals surface area (Å²) in [5, 5.41) is 2.98. The maximum absolute atomic E-state index is 12.2. The van der Waals surface area contributed by atoms with E-state index in [0.717, 1.165) is 48.1 Å². The van der Waals surface area contributed by atoms with Gasteiger partial charge in [-0.05, 0) is 51.0 Å². The van der Waals surface area contributed by atoms with Gasteiger partial charge < -0.3 is 14.6 Å². The van der Waals surface area contributed by atoms with Crippen molar-refractivity contribution in [3.8, 4) is 0 Å². The molecule has 0 spiro atoms. The fraction of sp³-hybridized carbons (Fsp3) is 0.375. The first-order chi connectivity index (χ1) is 14.6. The van der Waals surface area contributed by atoms with Crippen molar-refractivity contribution in [3.63, 3.8) is 0 Å². The van der Waals surface area contributed by atoms with Gasteiger partial charge in [0.1, 0.15) is 12.4 Å². The number of unbranched alkanes of at least 4 members (excludes halogenated alkanes) is 2. The number of aryl methyl sites for hydroxylation is 2. The number of imidazole rings is 1. The van der Waals surface area contributed by atoms with Gasteiger partial charge in [-0.25, -0.2) is 4.98 Å². The molecule has 0 aliphatic rings. The summed E-state index contributed by atoms with van der Waals surface area (Å²) in [4.78, 5) is 28.9. The molecule has 0 radical (unpaired) electrons. The zero-order valence-corrected chi connectivity index (χ0v) is 17.7. The van der Waals surface area contributed by atoms with Gasteiger partial charge in [-0.15, -0.1) is 0 Å². The number of hydrogen-bond donors (Lipinski definition) is 1. The van der Waals surface area contributed by atoms with Gasteiger partial charge in [-0.3, -0.25) is 9.59 Å². The van der Waals surface area contributed by atoms with E-state index in [0.29, 0.717) is 18.7 Å². The van der Waals surface area contributed by atoms with Gasteiger partial charge in [0.05, 0.1) is 17.6 Å². The molecule has 3 aromatic rings. The third-order valence-corrected chi connectivity index (χ3v) is 4.97. The molecule has 1 amide bonds. The molecule has 0 saturated heterocycles. The predicted octanol–water partition coefficient (Wildman–Crippen LogP) is 4.05. The molecule has 0 atom stereocenters. The monoisotopic (exact) mass is 407 g/mol. The Labute approximate surface area is 177 Å². The van der Waals surface area contributed by atoms with Crippen LogP contribution in [0, 0.1) is 6.92 Å². The Morgan fingerprint density at radius 3 is 2.70 bits per heavy atom. The third kappa shape index (κ3) is 5.69. The molecule has 0 aliphatic carbocycles. The van der Waals surface area contributed by atoms with Crippen molar-refractivity contribution in [1.82, 2.24) is 14.9 Å². The first kappa shape index (κ1) is 21.6. The Kier molecular flexibility index (Phi) is 7.60. The second-order valence-corrected chi connectivity index (χ2v) is 7.34. The van der Waals surface area contributed by atoms with Crippen LogP contribution in [-0.2, 0) is 22.5 Å². The molecule has 3 rings (SSSR count). The van der Waals surface area contributed by atoms with Gasteiger partial charge in [0.25, 0.3) is 5.91 Å². The second kappa shape index (κ2) is 10.6. The lowest BCUT2D eigenvalue weighted by atomic mass is 10.1. The van der Waals surface area contributed by atoms with Gasteiger partial charge in [0, 0.05) is 18.5 Å². The molecule has 6 heteroatoms. The summed E-state index contributed by atoms with van der Waals surface area (Å²) >= 11 is 0. The highest BCUT2D eigenvalue weighted by molar-refractivity contribution is 5.94. The highest BCUT2D eigenvalue weighted by Gasteiger charge is 2.14. The first-order valence-electron chi connectivity index (χ1n) is 10.5. The van der Waals surface area contributed by atoms with E-state index in [4.69, 9.17) is 9.72 Å². The summed E-state index contributed by atoms with van der Waals surface area (Å²) in [5.41, 5.74) is 3.62. The largest absolute Gasteiger partial charge is 0.465 e. The topological polar surface area (TPSA) is 73.2 Å². The van der Waals surface area contributed by atoms with Crippen LogP contribution in [0.15, 0.2) is 48.5 Å². The van der Waals surface area contributed by atoms with Crippen LogP contribution in [0.1, 0.15) is 47.9 Å². The Morgan fingerprint density at radius 1 is 1.07 bits per heavy atom. The van der Waals surface area contributed by atoms with Crippen molar-refractivity contribution in [2.75, 3.05) is 13.2 Å². The van der Waals surface area contributed by atoms with Crippen molar-refractivity contribution < 1.29 is 14.3 Å². The quantitative estimate of drug-likeness (QED) is 0.406. The molecule has 1 heterocycles. The van der Waals surface area contributed by atoms with E-state index in [1.54, 1.807) is 0 Å². The van der Waals surface area contributed by atoms with Crippen molar-refractivity contribution >= 4 is 22.9 Å². The molecule has 6 nitrogen and oxygen atoms in total. The van der Waals surface area contributed by atoms with E-state index in [-0.39, 0.29) is 18.4 Å². The smallest absolute Gasteiger partial charge is 0.326 e. The van der Waals surface area contributed by atoms with E-state index < -0.39 is 0 Å². The number of carbonyl (C=O) groups excluding carboxylic acids is 2. The van der Waals surface area contributed by atoms with Gasteiger partial charge in [-0.1, -0.05) is 36.2 Å². The fourth-order valence-corrected chi connectivity index (χ4v) is 3.50. The average molecular weight is 408 g/mol. The number of rotatable bonds is 10. The van der Waals surface area contributed by atoms with E-state index in [1.807, 2.05) is 66.9 Å². The minimum atomic E-state index is -0.249. The van der Waals surface area contributed by atoms with Crippen LogP contribution < -0.4 is 5.32 Å². The Balaban J connectivity index is 1.49. The maximum atomic E-state index is 12.2. The molecule has 0 unspecified atom stereocenters. The van der Waals surface area contributed by atoms with Crippen LogP contribution in [0.2, 0.25) is 0 Å². The summed E-state index contributed by atoms with van der Waals surface area (Å²) in [5.74, 6) is 0.615. The zero-order chi connectivity index (χ0) is 21.3. The Bertz CT molecular complexity index is 1010. The highest BCUT2D eigenvalue weighted by Crippen LogP contribution is 2.18. The summed E-state index contributed by atoms with van der Waals surface area (Å²) in [6, 6.07) is 15.4. The number of para-hydroxylation sites is 2. The first-order valence-corrected chi connectivity index (χ1v) is 10.5. The number of ether oxygens (including phenoxy) is 1. The van der Waals surface area contributed by atoms with Crippen LogP contribution >= 0.6 is 0 Å². The van der Waals surface area contributed by atoms with E-state index >= 15 is 0 Å². The Morgan fingerprint density at radius 2 is 1.90 bits per heavy atom. The van der Waals surface area contributed by atoms with Crippen LogP contribution in [0.5, 0.6) is 0 Å². The maximum Gasteiger partial charge on any atom is 0.326 e. The number of hydrogen-bond acceptors (Lipinski definition) is 4. The number of carbonyl (C=O) groups is 2. The number of esters is 1. The summed E-state index contributed by atoms with van der Waals surface area (Å²) in [6.07, 6.45) is 3.58. The van der Waals surface area contributed by atoms with Crippen LogP contribution in [0.25, 0.3) is 11.0 Å². The predicted molar refractivity (Wildman–Crippen MR) is 117 cm³/mol. The van der Waals surface area contributed by atoms with Gasteiger partial charge in [0.15, 0.2) is 0 Å². The number of nitrogens with one attached hydrogen (secondary N) is 1. The highest BCUT2D eigenvalue weighted by atomic mass is 16.5. The number of amides is 1. The third-order valence-electron chi connectivity index (χ3n) is 4.97. The SMILES string of the molecule is CCOC(=O)Cn1c(CCCCCNC(=O)c2cccc(C)c2)nc2ccccc21. The number of benzene rings is 2. The lowest BCUT2D eigenvalue weighted by molar-refractivity contribution is -0.143. The molecule has 0 bridgehead atoms. The van der Waals surface area contributed by atoms with Crippen molar-refractivity contribution in [1.29, 1.82) is 0 Å². The minimum absolute atomic E-state index is 0.0325. The molecule has 0 aliphatic heterocycles. The summed E-state index contributed by atoms with van der Waals surface area (Å²) < 4.78 is 7.07. The second-order valence-electron chi connectivity index (χ2n) is 7.34. The Hall–Kier alpha value is -3.15. The van der Waals surface area contributed by atoms with Crippen LogP contribution in [0.3, 0.4) is 0 Å². The van der Waals surface area contributed by atoms with E-state index in [2.05, 4.69) is 5.32 Å². The molecule has 30 heavy (non-hydrogen) atoms. The van der Waals surface area contributed by atoms with Crippen molar-refractivity contribution in [2.45, 2.75) is 46.1 Å². The van der Waals surface area contributed by atoms with Gasteiger partial charge >= 0.3 is 5.97 Å². The molecular weight excluding hydrogens is 378 g/mol. The lowest BCUT2D eigenvalue weighted by Crippen LogP contribution is -2.24. The molecule has 1 N–H and O–H groups in total. The molecule has 0 fully saturated rings. The standard InChI is InChI=1S/C24H29N3O3/c1-3-30-23(28)17-27-21-13-7-6-12-20(21)26-22(27)14-5-4-8-15-25-24(29)19-11-9-10-18(2)16-19/h6-7,9-13,16H,3-5,8,14-15,17H2,1-2H3,(H,25,29). The molecule has 158 valence electrons. The minimum Gasteiger partial charge on any atom is -0.465 e. The van der Waals surface area contributed by atoms with Crippen LogP contribution in [-0.4, -0.2) is 34.6 Å².